The van der Waals surface area contributed by atoms with Gasteiger partial charge in [-0.1, -0.05) is 34.6 Å². The van der Waals surface area contributed by atoms with E-state index in [2.05, 4.69) is 41.4 Å². The van der Waals surface area contributed by atoms with E-state index in [1.807, 2.05) is 38.1 Å². The molecule has 3 aromatic carbocycles. The number of unbranched alkanes of at least 4 members (excludes halogenated alkanes) is 1. The molecule has 0 bridgehead atoms. The highest BCUT2D eigenvalue weighted by atomic mass is 32.2. The fourth-order valence-electron chi connectivity index (χ4n) is 5.60. The first-order valence-corrected chi connectivity index (χ1v) is 19.5. The van der Waals surface area contributed by atoms with Crippen molar-refractivity contribution in [2.45, 2.75) is 70.1 Å². The number of nitrogen functional groups attached to an aromatic ring is 2. The third-order valence-corrected chi connectivity index (χ3v) is 9.67. The van der Waals surface area contributed by atoms with Crippen LogP contribution in [0, 0.1) is 0 Å². The predicted molar refractivity (Wildman–Crippen MR) is 231 cm³/mol. The third-order valence-electron chi connectivity index (χ3n) is 8.54. The van der Waals surface area contributed by atoms with Gasteiger partial charge in [0.2, 0.25) is 0 Å². The average molecular weight is 793 g/mol. The number of carbonyl (C=O) groups excluding carboxylic acids is 2. The molecule has 16 nitrogen and oxygen atoms in total. The minimum absolute atomic E-state index is 0.0212. The number of nitrogens with two attached hydrogens (primary N) is 8. The van der Waals surface area contributed by atoms with Gasteiger partial charge in [-0.25, -0.2) is 0 Å². The van der Waals surface area contributed by atoms with E-state index in [0.717, 1.165) is 16.7 Å². The number of hydrogen-bond acceptors (Lipinski definition) is 11. The maximum atomic E-state index is 14.4. The number of anilines is 4. The molecule has 0 saturated heterocycles. The van der Waals surface area contributed by atoms with E-state index in [1.165, 1.54) is 23.9 Å². The molecule has 0 saturated carbocycles. The van der Waals surface area contributed by atoms with Gasteiger partial charge in [0.15, 0.2) is 11.9 Å². The lowest BCUT2D eigenvalue weighted by molar-refractivity contribution is 0.102. The molecule has 3 aromatic rings. The first-order chi connectivity index (χ1) is 26.5. The highest BCUT2D eigenvalue weighted by molar-refractivity contribution is 7.99. The number of ether oxygens (including phenoxy) is 2. The molecule has 0 aliphatic heterocycles. The highest BCUT2D eigenvalue weighted by Gasteiger charge is 2.25. The van der Waals surface area contributed by atoms with Crippen molar-refractivity contribution in [3.05, 3.63) is 64.2 Å². The van der Waals surface area contributed by atoms with Gasteiger partial charge in [-0.2, -0.15) is 0 Å². The predicted octanol–water partition coefficient (Wildman–Crippen LogP) is 3.41. The maximum absolute atomic E-state index is 14.4. The van der Waals surface area contributed by atoms with E-state index in [4.69, 9.17) is 55.3 Å². The van der Waals surface area contributed by atoms with Crippen molar-refractivity contribution in [1.29, 1.82) is 0 Å². The SMILES string of the molecule is CC(C)c1cc(N)c(SCCN=C(N)N)c(NC(=O)c2cc(C(=O)Nc3cc(C(C)(C)C)cc(N)c3CCCCN=C(N)N)c(OCCN)cc2OCCN)c1. The number of thioether (sulfide) groups is 1. The summed E-state index contributed by atoms with van der Waals surface area (Å²) in [6.07, 6.45) is 1.96. The Morgan fingerprint density at radius 1 is 0.750 bits per heavy atom. The fourth-order valence-corrected chi connectivity index (χ4v) is 6.47. The van der Waals surface area contributed by atoms with Crippen molar-refractivity contribution in [3.63, 3.8) is 0 Å². The van der Waals surface area contributed by atoms with Crippen LogP contribution in [0.25, 0.3) is 0 Å². The zero-order valence-electron chi connectivity index (χ0n) is 33.2. The largest absolute Gasteiger partial charge is 0.491 e. The molecule has 17 heteroatoms. The van der Waals surface area contributed by atoms with Gasteiger partial charge in [0.1, 0.15) is 24.7 Å². The smallest absolute Gasteiger partial charge is 0.259 e. The van der Waals surface area contributed by atoms with Crippen molar-refractivity contribution >= 4 is 58.2 Å². The molecule has 18 N–H and O–H groups in total. The minimum atomic E-state index is -0.553. The van der Waals surface area contributed by atoms with Crippen LogP contribution in [0.2, 0.25) is 0 Å². The normalized spacial score (nSPS) is 11.2. The molecule has 3 rings (SSSR count). The van der Waals surface area contributed by atoms with Crippen LogP contribution < -0.4 is 66.0 Å². The molecule has 0 aromatic heterocycles. The molecule has 0 heterocycles. The standard InChI is InChI=1S/C39H60N12O4S/c1-22(2)23-16-29(43)34(56-15-12-49-38(46)47)31(17-23)51-36(53)27-20-26(32(54-13-9-40)21-33(27)55-14-10-41)35(52)50-30-19-24(39(3,4)5)18-28(42)25(30)8-6-7-11-48-37(44)45/h16-22H,6-15,40-43H2,1-5H3,(H,50,52)(H,51,53)(H4,44,45,48)(H4,46,47,49). The maximum Gasteiger partial charge on any atom is 0.259 e. The summed E-state index contributed by atoms with van der Waals surface area (Å²) in [5, 5.41) is 6.09. The van der Waals surface area contributed by atoms with E-state index in [1.54, 1.807) is 0 Å². The van der Waals surface area contributed by atoms with Crippen LogP contribution in [-0.4, -0.2) is 68.9 Å². The van der Waals surface area contributed by atoms with Crippen molar-refractivity contribution in [2.75, 3.05) is 67.2 Å². The number of nitrogens with zero attached hydrogens (tertiary/aromatic N) is 2. The Hall–Kier alpha value is -5.39. The van der Waals surface area contributed by atoms with Gasteiger partial charge < -0.3 is 66.0 Å². The summed E-state index contributed by atoms with van der Waals surface area (Å²) in [6.45, 7) is 11.6. The number of benzene rings is 3. The first kappa shape index (κ1) is 45.0. The molecule has 0 spiro atoms. The molecular weight excluding hydrogens is 733 g/mol. The summed E-state index contributed by atoms with van der Waals surface area (Å²) >= 11 is 1.40. The third kappa shape index (κ3) is 13.1. The Balaban J connectivity index is 2.14. The Morgan fingerprint density at radius 2 is 1.32 bits per heavy atom. The van der Waals surface area contributed by atoms with E-state index in [0.29, 0.717) is 65.7 Å². The monoisotopic (exact) mass is 792 g/mol. The summed E-state index contributed by atoms with van der Waals surface area (Å²) in [6, 6.07) is 10.5. The molecule has 0 fully saturated rings. The van der Waals surface area contributed by atoms with Crippen molar-refractivity contribution in [3.8, 4) is 11.5 Å². The average Bonchev–Trinajstić information content (AvgIpc) is 3.11. The number of nitrogens with one attached hydrogen (secondary N) is 2. The van der Waals surface area contributed by atoms with Crippen LogP contribution in [0.3, 0.4) is 0 Å². The van der Waals surface area contributed by atoms with Crippen LogP contribution in [0.1, 0.15) is 90.8 Å². The molecule has 0 aliphatic rings. The summed E-state index contributed by atoms with van der Waals surface area (Å²) < 4.78 is 11.9. The van der Waals surface area contributed by atoms with Gasteiger partial charge in [-0.15, -0.1) is 11.8 Å². The summed E-state index contributed by atoms with van der Waals surface area (Å²) in [7, 11) is 0. The Labute approximate surface area is 333 Å². The van der Waals surface area contributed by atoms with Gasteiger partial charge in [-0.3, -0.25) is 19.6 Å². The lowest BCUT2D eigenvalue weighted by atomic mass is 9.85. The quantitative estimate of drug-likeness (QED) is 0.0258. The zero-order valence-corrected chi connectivity index (χ0v) is 34.0. The van der Waals surface area contributed by atoms with Gasteiger partial charge in [0, 0.05) is 48.5 Å². The zero-order chi connectivity index (χ0) is 41.6. The molecule has 2 amide bonds. The molecular formula is C39H60N12O4S. The molecule has 0 atom stereocenters. The lowest BCUT2D eigenvalue weighted by Crippen LogP contribution is -2.23. The van der Waals surface area contributed by atoms with Gasteiger partial charge in [0.05, 0.1) is 28.3 Å². The van der Waals surface area contributed by atoms with E-state index in [9.17, 15) is 9.59 Å². The number of guanidine groups is 2. The Kier molecular flexibility index (Phi) is 16.9. The van der Waals surface area contributed by atoms with Gasteiger partial charge >= 0.3 is 0 Å². The molecule has 0 aliphatic carbocycles. The number of aliphatic imine (C=N–C) groups is 2. The first-order valence-electron chi connectivity index (χ1n) is 18.5. The van der Waals surface area contributed by atoms with Crippen LogP contribution in [0.15, 0.2) is 51.3 Å². The van der Waals surface area contributed by atoms with Crippen LogP contribution in [-0.2, 0) is 11.8 Å². The van der Waals surface area contributed by atoms with E-state index < -0.39 is 11.8 Å². The minimum Gasteiger partial charge on any atom is -0.491 e. The van der Waals surface area contributed by atoms with Crippen LogP contribution in [0.4, 0.5) is 22.7 Å². The molecule has 306 valence electrons. The molecule has 56 heavy (non-hydrogen) atoms. The second kappa shape index (κ2) is 21.1. The number of amides is 2. The van der Waals surface area contributed by atoms with E-state index in [-0.39, 0.29) is 72.2 Å². The fraction of sp³-hybridized carbons (Fsp3) is 0.436. The van der Waals surface area contributed by atoms with Crippen LogP contribution in [0.5, 0.6) is 11.5 Å². The summed E-state index contributed by atoms with van der Waals surface area (Å²) in [5.74, 6) is -0.155. The van der Waals surface area contributed by atoms with Crippen molar-refractivity contribution in [1.82, 2.24) is 0 Å². The van der Waals surface area contributed by atoms with Gasteiger partial charge in [-0.05, 0) is 77.6 Å². The van der Waals surface area contributed by atoms with Gasteiger partial charge in [0.25, 0.3) is 11.8 Å². The second-order valence-corrected chi connectivity index (χ2v) is 15.5. The molecule has 0 radical (unpaired) electrons. The number of carbonyl (C=O) groups is 2. The summed E-state index contributed by atoms with van der Waals surface area (Å²) in [4.78, 5) is 37.5. The van der Waals surface area contributed by atoms with Crippen molar-refractivity contribution in [2.24, 2.45) is 44.4 Å². The lowest BCUT2D eigenvalue weighted by Gasteiger charge is -2.24. The number of hydrogen-bond donors (Lipinski definition) is 10. The number of rotatable bonds is 20. The Bertz CT molecular complexity index is 1880. The molecule has 0 unspecified atom stereocenters. The highest BCUT2D eigenvalue weighted by Crippen LogP contribution is 2.38. The summed E-state index contributed by atoms with van der Waals surface area (Å²) in [5.41, 5.74) is 51.3. The van der Waals surface area contributed by atoms with Crippen molar-refractivity contribution < 1.29 is 19.1 Å². The van der Waals surface area contributed by atoms with E-state index >= 15 is 0 Å². The Morgan fingerprint density at radius 3 is 1.86 bits per heavy atom. The topological polar surface area (TPSA) is 310 Å². The second-order valence-electron chi connectivity index (χ2n) is 14.4. The van der Waals surface area contributed by atoms with Crippen LogP contribution >= 0.6 is 11.8 Å².